The second-order valence-electron chi connectivity index (χ2n) is 4.63. The summed E-state index contributed by atoms with van der Waals surface area (Å²) in [5.74, 6) is 1.04. The summed E-state index contributed by atoms with van der Waals surface area (Å²) in [7, 11) is 0. The fourth-order valence-electron chi connectivity index (χ4n) is 2.43. The first-order valence-electron chi connectivity index (χ1n) is 6.37. The molecule has 0 fully saturated rings. The lowest BCUT2D eigenvalue weighted by Crippen LogP contribution is -2.16. The van der Waals surface area contributed by atoms with Gasteiger partial charge in [0.2, 0.25) is 0 Å². The summed E-state index contributed by atoms with van der Waals surface area (Å²) >= 11 is 0. The maximum Gasteiger partial charge on any atom is 0.131 e. The number of ether oxygens (including phenoxy) is 1. The highest BCUT2D eigenvalue weighted by Gasteiger charge is 2.14. The molecule has 0 aliphatic carbocycles. The quantitative estimate of drug-likeness (QED) is 0.859. The van der Waals surface area contributed by atoms with Crippen molar-refractivity contribution in [3.63, 3.8) is 0 Å². The number of aryl methyl sites for hydroxylation is 1. The molecule has 3 rings (SSSR count). The summed E-state index contributed by atoms with van der Waals surface area (Å²) in [5, 5.41) is 3.37. The summed E-state index contributed by atoms with van der Waals surface area (Å²) in [5.41, 5.74) is 4.99. The Kier molecular flexibility index (Phi) is 4.46. The van der Waals surface area contributed by atoms with Gasteiger partial charge in [0.1, 0.15) is 12.4 Å². The van der Waals surface area contributed by atoms with Gasteiger partial charge in [-0.05, 0) is 18.1 Å². The fraction of sp³-hybridized carbons (Fsp3) is 0.250. The van der Waals surface area contributed by atoms with Gasteiger partial charge in [-0.25, -0.2) is 0 Å². The van der Waals surface area contributed by atoms with E-state index in [0.29, 0.717) is 0 Å². The van der Waals surface area contributed by atoms with Gasteiger partial charge in [-0.15, -0.1) is 12.4 Å². The average molecular weight is 276 g/mol. The smallest absolute Gasteiger partial charge is 0.131 e. The predicted molar refractivity (Wildman–Crippen MR) is 81.1 cm³/mol. The van der Waals surface area contributed by atoms with Crippen molar-refractivity contribution < 1.29 is 4.74 Å². The molecule has 0 spiro atoms. The number of halogens is 1. The SMILES string of the molecule is Cc1ccccc1-c1cccc2c1OCCNC2.Cl. The molecule has 2 aromatic rings. The van der Waals surface area contributed by atoms with Crippen molar-refractivity contribution in [1.29, 1.82) is 0 Å². The van der Waals surface area contributed by atoms with Crippen molar-refractivity contribution in [1.82, 2.24) is 5.32 Å². The predicted octanol–water partition coefficient (Wildman–Crippen LogP) is 3.57. The van der Waals surface area contributed by atoms with Crippen LogP contribution in [0.3, 0.4) is 0 Å². The van der Waals surface area contributed by atoms with E-state index in [2.05, 4.69) is 54.7 Å². The molecule has 2 nitrogen and oxygen atoms in total. The molecule has 2 aromatic carbocycles. The van der Waals surface area contributed by atoms with Crippen LogP contribution in [0.5, 0.6) is 5.75 Å². The highest BCUT2D eigenvalue weighted by atomic mass is 35.5. The zero-order valence-electron chi connectivity index (χ0n) is 11.0. The zero-order valence-corrected chi connectivity index (χ0v) is 11.8. The van der Waals surface area contributed by atoms with Gasteiger partial charge in [-0.3, -0.25) is 0 Å². The molecule has 100 valence electrons. The maximum absolute atomic E-state index is 5.93. The van der Waals surface area contributed by atoms with Crippen molar-refractivity contribution in [2.24, 2.45) is 0 Å². The molecule has 1 aliphatic rings. The summed E-state index contributed by atoms with van der Waals surface area (Å²) in [4.78, 5) is 0. The van der Waals surface area contributed by atoms with Gasteiger partial charge >= 0.3 is 0 Å². The van der Waals surface area contributed by atoms with Gasteiger partial charge in [0.05, 0.1) is 0 Å². The minimum absolute atomic E-state index is 0. The second-order valence-corrected chi connectivity index (χ2v) is 4.63. The lowest BCUT2D eigenvalue weighted by Gasteiger charge is -2.14. The van der Waals surface area contributed by atoms with Gasteiger partial charge in [0.25, 0.3) is 0 Å². The molecule has 0 radical (unpaired) electrons. The first kappa shape index (κ1) is 13.9. The molecular weight excluding hydrogens is 258 g/mol. The first-order chi connectivity index (χ1) is 8.86. The highest BCUT2D eigenvalue weighted by molar-refractivity contribution is 5.85. The molecule has 3 heteroatoms. The van der Waals surface area contributed by atoms with E-state index in [1.54, 1.807) is 0 Å². The van der Waals surface area contributed by atoms with Crippen LogP contribution in [0.2, 0.25) is 0 Å². The molecule has 0 bridgehead atoms. The lowest BCUT2D eigenvalue weighted by atomic mass is 9.97. The largest absolute Gasteiger partial charge is 0.491 e. The van der Waals surface area contributed by atoms with Crippen LogP contribution in [-0.2, 0) is 6.54 Å². The number of para-hydroxylation sites is 1. The van der Waals surface area contributed by atoms with Crippen LogP contribution in [0.25, 0.3) is 11.1 Å². The first-order valence-corrected chi connectivity index (χ1v) is 6.37. The zero-order chi connectivity index (χ0) is 12.4. The van der Waals surface area contributed by atoms with E-state index < -0.39 is 0 Å². The van der Waals surface area contributed by atoms with Crippen LogP contribution in [0, 0.1) is 6.92 Å². The van der Waals surface area contributed by atoms with E-state index in [1.807, 2.05) is 0 Å². The van der Waals surface area contributed by atoms with Gasteiger partial charge in [0.15, 0.2) is 0 Å². The summed E-state index contributed by atoms with van der Waals surface area (Å²) in [6.45, 7) is 4.66. The Morgan fingerprint density at radius 1 is 1.00 bits per heavy atom. The Hall–Kier alpha value is -1.51. The second kappa shape index (κ2) is 6.09. The molecule has 0 saturated carbocycles. The Balaban J connectivity index is 0.00000133. The topological polar surface area (TPSA) is 21.3 Å². The number of hydrogen-bond acceptors (Lipinski definition) is 2. The minimum Gasteiger partial charge on any atom is -0.491 e. The minimum atomic E-state index is 0. The number of rotatable bonds is 1. The summed E-state index contributed by atoms with van der Waals surface area (Å²) in [6, 6.07) is 14.8. The van der Waals surface area contributed by atoms with E-state index >= 15 is 0 Å². The highest BCUT2D eigenvalue weighted by Crippen LogP contribution is 2.35. The number of benzene rings is 2. The van der Waals surface area contributed by atoms with Gasteiger partial charge in [-0.1, -0.05) is 42.5 Å². The maximum atomic E-state index is 5.93. The lowest BCUT2D eigenvalue weighted by molar-refractivity contribution is 0.327. The molecule has 0 unspecified atom stereocenters. The molecule has 19 heavy (non-hydrogen) atoms. The van der Waals surface area contributed by atoms with Crippen molar-refractivity contribution in [2.75, 3.05) is 13.2 Å². The standard InChI is InChI=1S/C16H17NO.ClH/c1-12-5-2-3-7-14(12)15-8-4-6-13-11-17-9-10-18-16(13)15;/h2-8,17H,9-11H2,1H3;1H. The molecule has 0 aromatic heterocycles. The average Bonchev–Trinajstić information content (AvgIpc) is 2.64. The number of nitrogens with one attached hydrogen (secondary N) is 1. The van der Waals surface area contributed by atoms with Gasteiger partial charge < -0.3 is 10.1 Å². The molecule has 0 atom stereocenters. The van der Waals surface area contributed by atoms with Crippen LogP contribution in [0.4, 0.5) is 0 Å². The number of hydrogen-bond donors (Lipinski definition) is 1. The molecule has 0 saturated heterocycles. The molecule has 1 aliphatic heterocycles. The van der Waals surface area contributed by atoms with Gasteiger partial charge in [0, 0.05) is 24.2 Å². The van der Waals surface area contributed by atoms with Crippen LogP contribution >= 0.6 is 12.4 Å². The monoisotopic (exact) mass is 275 g/mol. The van der Waals surface area contributed by atoms with E-state index in [0.717, 1.165) is 25.4 Å². The summed E-state index contributed by atoms with van der Waals surface area (Å²) < 4.78 is 5.93. The molecular formula is C16H18ClNO. The van der Waals surface area contributed by atoms with Crippen molar-refractivity contribution >= 4 is 12.4 Å². The fourth-order valence-corrected chi connectivity index (χ4v) is 2.43. The van der Waals surface area contributed by atoms with E-state index in [4.69, 9.17) is 4.74 Å². The number of fused-ring (bicyclic) bond motifs is 1. The molecule has 1 heterocycles. The van der Waals surface area contributed by atoms with E-state index in [-0.39, 0.29) is 12.4 Å². The van der Waals surface area contributed by atoms with Crippen LogP contribution in [0.15, 0.2) is 42.5 Å². The third kappa shape index (κ3) is 2.75. The van der Waals surface area contributed by atoms with Crippen LogP contribution < -0.4 is 10.1 Å². The van der Waals surface area contributed by atoms with Gasteiger partial charge in [-0.2, -0.15) is 0 Å². The van der Waals surface area contributed by atoms with E-state index in [9.17, 15) is 0 Å². The van der Waals surface area contributed by atoms with Crippen LogP contribution in [-0.4, -0.2) is 13.2 Å². The molecule has 1 N–H and O–H groups in total. The van der Waals surface area contributed by atoms with E-state index in [1.165, 1.54) is 22.3 Å². The molecule has 0 amide bonds. The van der Waals surface area contributed by atoms with Crippen molar-refractivity contribution in [2.45, 2.75) is 13.5 Å². The summed E-state index contributed by atoms with van der Waals surface area (Å²) in [6.07, 6.45) is 0. The Labute approximate surface area is 120 Å². The normalized spacial score (nSPS) is 13.7. The Morgan fingerprint density at radius 2 is 1.79 bits per heavy atom. The Bertz CT molecular complexity index is 568. The third-order valence-corrected chi connectivity index (χ3v) is 3.37. The Morgan fingerprint density at radius 3 is 2.63 bits per heavy atom. The van der Waals surface area contributed by atoms with Crippen molar-refractivity contribution in [3.8, 4) is 16.9 Å². The van der Waals surface area contributed by atoms with Crippen LogP contribution in [0.1, 0.15) is 11.1 Å². The third-order valence-electron chi connectivity index (χ3n) is 3.37. The van der Waals surface area contributed by atoms with Crippen molar-refractivity contribution in [3.05, 3.63) is 53.6 Å².